The fourth-order valence-electron chi connectivity index (χ4n) is 10.4. The van der Waals surface area contributed by atoms with E-state index in [4.69, 9.17) is 0 Å². The van der Waals surface area contributed by atoms with Crippen molar-refractivity contribution in [3.63, 3.8) is 0 Å². The number of hydrogen-bond acceptors (Lipinski definition) is 4. The van der Waals surface area contributed by atoms with Crippen molar-refractivity contribution in [2.75, 3.05) is 13.1 Å². The van der Waals surface area contributed by atoms with E-state index >= 15 is 0 Å². The summed E-state index contributed by atoms with van der Waals surface area (Å²) in [5.41, 5.74) is -0.482. The van der Waals surface area contributed by atoms with Crippen molar-refractivity contribution in [3.05, 3.63) is 0 Å². The van der Waals surface area contributed by atoms with E-state index in [-0.39, 0.29) is 29.8 Å². The summed E-state index contributed by atoms with van der Waals surface area (Å²) in [6.45, 7) is 9.23. The summed E-state index contributed by atoms with van der Waals surface area (Å²) in [6, 6.07) is 0.341. The zero-order valence-electron chi connectivity index (χ0n) is 20.2. The van der Waals surface area contributed by atoms with E-state index < -0.39 is 5.60 Å². The molecule has 6 fully saturated rings. The average Bonchev–Trinajstić information content (AvgIpc) is 3.09. The van der Waals surface area contributed by atoms with Crippen LogP contribution < -0.4 is 0 Å². The number of halogens is 1. The molecule has 4 unspecified atom stereocenters. The van der Waals surface area contributed by atoms with Crippen LogP contribution in [0.3, 0.4) is 0 Å². The molecule has 0 aromatic rings. The molecule has 0 radical (unpaired) electrons. The number of nitrogens with zero attached hydrogens (tertiary/aromatic N) is 1. The largest absolute Gasteiger partial charge is 0.393 e. The number of aliphatic hydroxyl groups excluding tert-OH is 1. The van der Waals surface area contributed by atoms with Gasteiger partial charge in [0.25, 0.3) is 0 Å². The van der Waals surface area contributed by atoms with Crippen LogP contribution in [0.25, 0.3) is 0 Å². The molecule has 32 heavy (non-hydrogen) atoms. The number of rotatable bonds is 0. The fraction of sp³-hybridized carbons (Fsp3) is 0.963. The molecule has 2 N–H and O–H groups in total. The molecule has 2 saturated heterocycles. The van der Waals surface area contributed by atoms with Crippen LogP contribution in [-0.2, 0) is 4.79 Å². The molecular formula is C27H44ClNO3. The monoisotopic (exact) mass is 465 g/mol. The third-order valence-corrected chi connectivity index (χ3v) is 11.8. The fourth-order valence-corrected chi connectivity index (χ4v) is 10.4. The van der Waals surface area contributed by atoms with Crippen LogP contribution in [0.15, 0.2) is 0 Å². The van der Waals surface area contributed by atoms with E-state index in [0.29, 0.717) is 53.8 Å². The molecule has 6 aliphatic rings. The summed E-state index contributed by atoms with van der Waals surface area (Å²) in [5, 5.41) is 22.1. The van der Waals surface area contributed by atoms with Crippen molar-refractivity contribution >= 4 is 18.2 Å². The molecular weight excluding hydrogens is 422 g/mol. The highest BCUT2D eigenvalue weighted by atomic mass is 35.5. The SMILES string of the molecule is C[C@@H]1CC[C@H]2N(CC3C(CC[C@@H]4[C@H]5CC(=O)C6CC(O)CC[C@@]6(C)[C@@H]5C[C@H]34)[C@@]2(C)O)C1.Cl. The topological polar surface area (TPSA) is 60.8 Å². The van der Waals surface area contributed by atoms with Crippen LogP contribution in [0, 0.1) is 52.8 Å². The van der Waals surface area contributed by atoms with Crippen molar-refractivity contribution in [1.29, 1.82) is 0 Å². The molecule has 0 spiro atoms. The maximum atomic E-state index is 13.2. The number of Topliss-reactive ketones (excluding diaryl/α,β-unsaturated/α-hetero) is 1. The average molecular weight is 466 g/mol. The second kappa shape index (κ2) is 7.93. The van der Waals surface area contributed by atoms with Crippen molar-refractivity contribution < 1.29 is 15.0 Å². The van der Waals surface area contributed by atoms with Gasteiger partial charge in [-0.3, -0.25) is 9.69 Å². The van der Waals surface area contributed by atoms with Crippen LogP contribution in [-0.4, -0.2) is 51.7 Å². The Hall–Kier alpha value is -0.160. The van der Waals surface area contributed by atoms with E-state index in [9.17, 15) is 15.0 Å². The standard InChI is InChI=1S/C27H43NO3.ClH/c1-15-4-7-25-27(3,31)21-6-5-17-18(20(21)14-28(25)13-15)11-22-19(17)12-24(30)23-10-16(29)8-9-26(22,23)2;/h15-23,25,29,31H,4-14H2,1-3H3;1H/t15-,16?,17+,18+,19-,20?,21?,22-,23?,25-,26+,27-;/m1./s1. The van der Waals surface area contributed by atoms with Crippen molar-refractivity contribution in [2.45, 2.75) is 96.3 Å². The van der Waals surface area contributed by atoms with Gasteiger partial charge < -0.3 is 10.2 Å². The highest BCUT2D eigenvalue weighted by molar-refractivity contribution is 5.85. The summed E-state index contributed by atoms with van der Waals surface area (Å²) < 4.78 is 0. The lowest BCUT2D eigenvalue weighted by Crippen LogP contribution is -2.67. The molecule has 0 amide bonds. The first-order valence-corrected chi connectivity index (χ1v) is 13.4. The number of carbonyl (C=O) groups excluding carboxylic acids is 1. The van der Waals surface area contributed by atoms with Gasteiger partial charge >= 0.3 is 0 Å². The Bertz CT molecular complexity index is 757. The van der Waals surface area contributed by atoms with Crippen LogP contribution in [0.1, 0.15) is 78.6 Å². The smallest absolute Gasteiger partial charge is 0.136 e. The molecule has 12 atom stereocenters. The highest BCUT2D eigenvalue weighted by Crippen LogP contribution is 2.66. The molecule has 0 bridgehead atoms. The van der Waals surface area contributed by atoms with Gasteiger partial charge in [0.05, 0.1) is 11.7 Å². The van der Waals surface area contributed by atoms with Crippen molar-refractivity contribution in [3.8, 4) is 0 Å². The zero-order chi connectivity index (χ0) is 21.7. The first-order chi connectivity index (χ1) is 14.7. The molecule has 2 aliphatic heterocycles. The van der Waals surface area contributed by atoms with Crippen LogP contribution >= 0.6 is 12.4 Å². The van der Waals surface area contributed by atoms with E-state index in [1.165, 1.54) is 25.8 Å². The van der Waals surface area contributed by atoms with Gasteiger partial charge in [-0.15, -0.1) is 12.4 Å². The van der Waals surface area contributed by atoms with Crippen molar-refractivity contribution in [2.24, 2.45) is 52.8 Å². The van der Waals surface area contributed by atoms with Gasteiger partial charge in [0.1, 0.15) is 5.78 Å². The number of carbonyl (C=O) groups is 1. The second-order valence-corrected chi connectivity index (χ2v) is 13.2. The summed E-state index contributed by atoms with van der Waals surface area (Å²) in [6.07, 6.45) is 9.08. The van der Waals surface area contributed by atoms with E-state index in [1.54, 1.807) is 0 Å². The quantitative estimate of drug-likeness (QED) is 0.559. The van der Waals surface area contributed by atoms with Crippen LogP contribution in [0.4, 0.5) is 0 Å². The molecule has 2 heterocycles. The molecule has 4 saturated carbocycles. The summed E-state index contributed by atoms with van der Waals surface area (Å²) in [4.78, 5) is 15.9. The highest BCUT2D eigenvalue weighted by Gasteiger charge is 2.64. The second-order valence-electron chi connectivity index (χ2n) is 13.2. The maximum absolute atomic E-state index is 13.2. The first kappa shape index (κ1) is 23.6. The molecule has 182 valence electrons. The Labute approximate surface area is 200 Å². The molecule has 5 heteroatoms. The summed E-state index contributed by atoms with van der Waals surface area (Å²) in [7, 11) is 0. The Kier molecular flexibility index (Phi) is 5.84. The number of fused-ring (bicyclic) bond motifs is 8. The Morgan fingerprint density at radius 3 is 2.47 bits per heavy atom. The Morgan fingerprint density at radius 1 is 0.906 bits per heavy atom. The third kappa shape index (κ3) is 3.22. The summed E-state index contributed by atoms with van der Waals surface area (Å²) in [5.74, 6) is 4.82. The van der Waals surface area contributed by atoms with Crippen molar-refractivity contribution in [1.82, 2.24) is 4.90 Å². The Morgan fingerprint density at radius 2 is 1.69 bits per heavy atom. The minimum absolute atomic E-state index is 0. The van der Waals surface area contributed by atoms with Gasteiger partial charge in [-0.25, -0.2) is 0 Å². The maximum Gasteiger partial charge on any atom is 0.136 e. The molecule has 4 aliphatic carbocycles. The van der Waals surface area contributed by atoms with E-state index in [0.717, 1.165) is 44.6 Å². The lowest BCUT2D eigenvalue weighted by Gasteiger charge is -2.59. The first-order valence-electron chi connectivity index (χ1n) is 13.4. The Balaban J connectivity index is 0.00000216. The van der Waals surface area contributed by atoms with E-state index in [1.807, 2.05) is 0 Å². The molecule has 0 aromatic heterocycles. The van der Waals surface area contributed by atoms with Crippen LogP contribution in [0.5, 0.6) is 0 Å². The number of aliphatic hydroxyl groups is 2. The number of piperidine rings is 2. The molecule has 6 rings (SSSR count). The zero-order valence-corrected chi connectivity index (χ0v) is 21.0. The minimum atomic E-state index is -0.570. The lowest BCUT2D eigenvalue weighted by molar-refractivity contribution is -0.175. The predicted molar refractivity (Wildman–Crippen MR) is 128 cm³/mol. The van der Waals surface area contributed by atoms with Gasteiger partial charge in [-0.05, 0) is 105 Å². The number of hydrogen-bond donors (Lipinski definition) is 2. The molecule has 4 nitrogen and oxygen atoms in total. The summed E-state index contributed by atoms with van der Waals surface area (Å²) >= 11 is 0. The molecule has 0 aromatic carbocycles. The number of ketones is 1. The van der Waals surface area contributed by atoms with Gasteiger partial charge in [0.2, 0.25) is 0 Å². The van der Waals surface area contributed by atoms with E-state index in [2.05, 4.69) is 25.7 Å². The minimum Gasteiger partial charge on any atom is -0.393 e. The normalized spacial score (nSPS) is 57.3. The third-order valence-electron chi connectivity index (χ3n) is 11.8. The van der Waals surface area contributed by atoms with Gasteiger partial charge in [-0.2, -0.15) is 0 Å². The van der Waals surface area contributed by atoms with Crippen LogP contribution in [0.2, 0.25) is 0 Å². The van der Waals surface area contributed by atoms with Gasteiger partial charge in [0, 0.05) is 31.5 Å². The lowest BCUT2D eigenvalue weighted by atomic mass is 9.51. The predicted octanol–water partition coefficient (Wildman–Crippen LogP) is 4.31. The van der Waals surface area contributed by atoms with Gasteiger partial charge in [-0.1, -0.05) is 13.8 Å². The van der Waals surface area contributed by atoms with Gasteiger partial charge in [0.15, 0.2) is 0 Å².